The molecule has 0 bridgehead atoms. The van der Waals surface area contributed by atoms with Crippen molar-refractivity contribution < 1.29 is 14.3 Å². The van der Waals surface area contributed by atoms with Crippen molar-refractivity contribution in [2.24, 2.45) is 0 Å². The van der Waals surface area contributed by atoms with E-state index in [0.717, 1.165) is 17.7 Å². The lowest BCUT2D eigenvalue weighted by Crippen LogP contribution is -2.31. The molecule has 1 aliphatic heterocycles. The van der Waals surface area contributed by atoms with Crippen molar-refractivity contribution >= 4 is 52.2 Å². The van der Waals surface area contributed by atoms with E-state index in [1.807, 2.05) is 19.1 Å². The lowest BCUT2D eigenvalue weighted by atomic mass is 10.1. The third-order valence-corrected chi connectivity index (χ3v) is 5.09. The quantitative estimate of drug-likeness (QED) is 0.475. The fourth-order valence-electron chi connectivity index (χ4n) is 2.84. The van der Waals surface area contributed by atoms with Gasteiger partial charge in [-0.25, -0.2) is 0 Å². The number of unbranched alkanes of at least 4 members (excludes halogenated alkanes) is 1. The first-order valence-corrected chi connectivity index (χ1v) is 9.26. The molecule has 0 atom stereocenters. The van der Waals surface area contributed by atoms with Gasteiger partial charge >= 0.3 is 0 Å². The summed E-state index contributed by atoms with van der Waals surface area (Å²) in [5.74, 6) is -0.391. The zero-order valence-corrected chi connectivity index (χ0v) is 16.3. The van der Waals surface area contributed by atoms with Crippen LogP contribution in [0.1, 0.15) is 28.8 Å². The van der Waals surface area contributed by atoms with E-state index in [0.29, 0.717) is 40.3 Å². The first kappa shape index (κ1) is 19.0. The van der Waals surface area contributed by atoms with Gasteiger partial charge in [0.15, 0.2) is 0 Å². The number of carbonyl (C=O) groups is 2. The molecule has 0 unspecified atom stereocenters. The van der Waals surface area contributed by atoms with Gasteiger partial charge in [-0.2, -0.15) is 0 Å². The number of fused-ring (bicyclic) bond motifs is 1. The molecule has 2 aromatic rings. The number of aryl methyl sites for hydroxylation is 1. The first-order chi connectivity index (χ1) is 12.4. The van der Waals surface area contributed by atoms with E-state index < -0.39 is 11.7 Å². The van der Waals surface area contributed by atoms with E-state index in [1.165, 1.54) is 17.0 Å². The van der Waals surface area contributed by atoms with Crippen LogP contribution in [-0.2, 0) is 4.79 Å². The zero-order chi connectivity index (χ0) is 18.8. The molecule has 0 saturated heterocycles. The number of nitrogens with zero attached hydrogens (tertiary/aromatic N) is 1. The number of ether oxygens (including phenoxy) is 1. The van der Waals surface area contributed by atoms with Gasteiger partial charge in [-0.15, -0.1) is 0 Å². The van der Waals surface area contributed by atoms with Gasteiger partial charge in [-0.05, 0) is 55.7 Å². The number of Topliss-reactive ketones (excluding diaryl/α,β-unsaturated/α-hetero) is 1. The minimum atomic E-state index is -0.572. The van der Waals surface area contributed by atoms with Crippen LogP contribution < -0.4 is 9.64 Å². The Hall–Kier alpha value is -1.75. The maximum absolute atomic E-state index is 12.2. The molecule has 1 aliphatic rings. The monoisotopic (exact) mass is 411 g/mol. The predicted molar refractivity (Wildman–Crippen MR) is 104 cm³/mol. The fourth-order valence-corrected chi connectivity index (χ4v) is 3.55. The first-order valence-electron chi connectivity index (χ1n) is 8.12. The standard InChI is InChI=1S/C19H16Cl3NO3/c1-11-8-13(4-5-15(11)21)26-7-3-2-6-23-17-14(18(24)19(23)25)9-12(20)10-16(17)22/h4-5,8-10H,2-3,6-7H2,1H3. The Kier molecular flexibility index (Phi) is 5.76. The smallest absolute Gasteiger partial charge is 0.299 e. The summed E-state index contributed by atoms with van der Waals surface area (Å²) in [5, 5.41) is 1.34. The van der Waals surface area contributed by atoms with Crippen LogP contribution >= 0.6 is 34.8 Å². The normalized spacial score (nSPS) is 13.3. The summed E-state index contributed by atoms with van der Waals surface area (Å²) in [6, 6.07) is 8.51. The Labute approximate surface area is 166 Å². The van der Waals surface area contributed by atoms with Gasteiger partial charge < -0.3 is 9.64 Å². The maximum Gasteiger partial charge on any atom is 0.299 e. The minimum absolute atomic E-state index is 0.264. The number of anilines is 1. The molecular weight excluding hydrogens is 397 g/mol. The molecule has 4 nitrogen and oxygen atoms in total. The summed E-state index contributed by atoms with van der Waals surface area (Å²) in [4.78, 5) is 25.7. The zero-order valence-electron chi connectivity index (χ0n) is 14.0. The van der Waals surface area contributed by atoms with Gasteiger partial charge in [0, 0.05) is 16.6 Å². The molecule has 0 N–H and O–H groups in total. The third-order valence-electron chi connectivity index (χ3n) is 4.16. The van der Waals surface area contributed by atoms with E-state index in [9.17, 15) is 9.59 Å². The summed E-state index contributed by atoms with van der Waals surface area (Å²) in [5.41, 5.74) is 1.66. The lowest BCUT2D eigenvalue weighted by molar-refractivity contribution is -0.114. The molecule has 26 heavy (non-hydrogen) atoms. The molecular formula is C19H16Cl3NO3. The number of hydrogen-bond donors (Lipinski definition) is 0. The van der Waals surface area contributed by atoms with Gasteiger partial charge in [-0.1, -0.05) is 34.8 Å². The van der Waals surface area contributed by atoms with Crippen LogP contribution in [-0.4, -0.2) is 24.8 Å². The predicted octanol–water partition coefficient (Wildman–Crippen LogP) is 5.34. The summed E-state index contributed by atoms with van der Waals surface area (Å²) in [7, 11) is 0. The van der Waals surface area contributed by atoms with Crippen LogP contribution in [0.15, 0.2) is 30.3 Å². The number of rotatable bonds is 6. The van der Waals surface area contributed by atoms with Crippen LogP contribution in [0, 0.1) is 6.92 Å². The molecule has 7 heteroatoms. The summed E-state index contributed by atoms with van der Waals surface area (Å²) in [6.07, 6.45) is 1.39. The van der Waals surface area contributed by atoms with Gasteiger partial charge in [0.1, 0.15) is 5.75 Å². The SMILES string of the molecule is Cc1cc(OCCCCN2C(=O)C(=O)c3cc(Cl)cc(Cl)c32)ccc1Cl. The summed E-state index contributed by atoms with van der Waals surface area (Å²) < 4.78 is 5.69. The van der Waals surface area contributed by atoms with E-state index in [4.69, 9.17) is 39.5 Å². The van der Waals surface area contributed by atoms with E-state index in [2.05, 4.69) is 0 Å². The summed E-state index contributed by atoms with van der Waals surface area (Å²) >= 11 is 18.1. The van der Waals surface area contributed by atoms with Gasteiger partial charge in [-0.3, -0.25) is 9.59 Å². The van der Waals surface area contributed by atoms with Crippen molar-refractivity contribution in [1.82, 2.24) is 0 Å². The van der Waals surface area contributed by atoms with Crippen LogP contribution in [0.25, 0.3) is 0 Å². The Morgan fingerprint density at radius 3 is 2.50 bits per heavy atom. The number of benzene rings is 2. The largest absolute Gasteiger partial charge is 0.494 e. The Morgan fingerprint density at radius 2 is 1.77 bits per heavy atom. The highest BCUT2D eigenvalue weighted by atomic mass is 35.5. The number of hydrogen-bond acceptors (Lipinski definition) is 3. The van der Waals surface area contributed by atoms with Crippen LogP contribution in [0.4, 0.5) is 5.69 Å². The molecule has 1 amide bonds. The molecule has 3 rings (SSSR count). The Balaban J connectivity index is 1.56. The second kappa shape index (κ2) is 7.87. The van der Waals surface area contributed by atoms with Crippen LogP contribution in [0.3, 0.4) is 0 Å². The van der Waals surface area contributed by atoms with E-state index in [-0.39, 0.29) is 5.56 Å². The number of carbonyl (C=O) groups excluding carboxylic acids is 2. The van der Waals surface area contributed by atoms with Crippen molar-refractivity contribution in [3.05, 3.63) is 56.5 Å². The van der Waals surface area contributed by atoms with Crippen molar-refractivity contribution in [2.75, 3.05) is 18.1 Å². The molecule has 0 aromatic heterocycles. The van der Waals surface area contributed by atoms with Crippen molar-refractivity contribution in [3.63, 3.8) is 0 Å². The second-order valence-corrected chi connectivity index (χ2v) is 7.29. The average molecular weight is 413 g/mol. The number of amides is 1. The molecule has 0 aliphatic carbocycles. The number of ketones is 1. The fraction of sp³-hybridized carbons (Fsp3) is 0.263. The molecule has 0 fully saturated rings. The van der Waals surface area contributed by atoms with Crippen molar-refractivity contribution in [2.45, 2.75) is 19.8 Å². The number of halogens is 3. The third kappa shape index (κ3) is 3.83. The van der Waals surface area contributed by atoms with Crippen molar-refractivity contribution in [3.8, 4) is 5.75 Å². The Bertz CT molecular complexity index is 883. The maximum atomic E-state index is 12.2. The molecule has 0 radical (unpaired) electrons. The van der Waals surface area contributed by atoms with Gasteiger partial charge in [0.05, 0.1) is 22.9 Å². The molecule has 0 saturated carbocycles. The Morgan fingerprint density at radius 1 is 1.00 bits per heavy atom. The lowest BCUT2D eigenvalue weighted by Gasteiger charge is -2.17. The molecule has 136 valence electrons. The second-order valence-electron chi connectivity index (χ2n) is 6.04. The van der Waals surface area contributed by atoms with E-state index in [1.54, 1.807) is 6.07 Å². The molecule has 0 spiro atoms. The van der Waals surface area contributed by atoms with Gasteiger partial charge in [0.25, 0.3) is 11.7 Å². The molecule has 2 aromatic carbocycles. The van der Waals surface area contributed by atoms with Crippen molar-refractivity contribution in [1.29, 1.82) is 0 Å². The average Bonchev–Trinajstić information content (AvgIpc) is 2.83. The highest BCUT2D eigenvalue weighted by Crippen LogP contribution is 2.38. The minimum Gasteiger partial charge on any atom is -0.494 e. The highest BCUT2D eigenvalue weighted by Gasteiger charge is 2.37. The molecule has 1 heterocycles. The highest BCUT2D eigenvalue weighted by molar-refractivity contribution is 6.54. The van der Waals surface area contributed by atoms with Crippen LogP contribution in [0.5, 0.6) is 5.75 Å². The summed E-state index contributed by atoms with van der Waals surface area (Å²) in [6.45, 7) is 2.80. The topological polar surface area (TPSA) is 46.6 Å². The van der Waals surface area contributed by atoms with E-state index >= 15 is 0 Å². The van der Waals surface area contributed by atoms with Crippen LogP contribution in [0.2, 0.25) is 15.1 Å². The van der Waals surface area contributed by atoms with Gasteiger partial charge in [0.2, 0.25) is 0 Å².